The predicted molar refractivity (Wildman–Crippen MR) is 91.6 cm³/mol. The molecule has 1 aliphatic carbocycles. The minimum atomic E-state index is 0.342. The summed E-state index contributed by atoms with van der Waals surface area (Å²) in [5.41, 5.74) is 7.40. The number of rotatable bonds is 5. The van der Waals surface area contributed by atoms with Gasteiger partial charge < -0.3 is 5.73 Å². The summed E-state index contributed by atoms with van der Waals surface area (Å²) in [5.74, 6) is 1.57. The quantitative estimate of drug-likeness (QED) is 0.868. The van der Waals surface area contributed by atoms with Crippen LogP contribution in [-0.2, 0) is 0 Å². The van der Waals surface area contributed by atoms with Crippen LogP contribution in [0.4, 0.5) is 0 Å². The SMILES string of the molecule is CC1CCCC(C(CN)N(C)C(C)c2cccc(Cl)c2)C1. The van der Waals surface area contributed by atoms with Gasteiger partial charge in [0.1, 0.15) is 0 Å². The van der Waals surface area contributed by atoms with Gasteiger partial charge in [-0.1, -0.05) is 43.5 Å². The van der Waals surface area contributed by atoms with Crippen molar-refractivity contribution >= 4 is 11.6 Å². The number of likely N-dealkylation sites (N-methyl/N-ethyl adjacent to an activating group) is 1. The smallest absolute Gasteiger partial charge is 0.0409 e. The van der Waals surface area contributed by atoms with Crippen molar-refractivity contribution in [3.05, 3.63) is 34.9 Å². The second kappa shape index (κ2) is 7.62. The van der Waals surface area contributed by atoms with Gasteiger partial charge in [-0.2, -0.15) is 0 Å². The van der Waals surface area contributed by atoms with E-state index in [-0.39, 0.29) is 0 Å². The highest BCUT2D eigenvalue weighted by Gasteiger charge is 2.30. The van der Waals surface area contributed by atoms with E-state index in [1.165, 1.54) is 31.2 Å². The van der Waals surface area contributed by atoms with Crippen LogP contribution < -0.4 is 5.73 Å². The van der Waals surface area contributed by atoms with Gasteiger partial charge in [-0.15, -0.1) is 0 Å². The lowest BCUT2D eigenvalue weighted by Gasteiger charge is -2.40. The zero-order chi connectivity index (χ0) is 15.4. The van der Waals surface area contributed by atoms with E-state index in [4.69, 9.17) is 17.3 Å². The van der Waals surface area contributed by atoms with Gasteiger partial charge in [0, 0.05) is 23.7 Å². The Morgan fingerprint density at radius 3 is 2.76 bits per heavy atom. The first-order chi connectivity index (χ1) is 10.0. The fraction of sp³-hybridized carbons (Fsp3) is 0.667. The normalized spacial score (nSPS) is 25.8. The van der Waals surface area contributed by atoms with E-state index in [0.717, 1.165) is 23.4 Å². The minimum Gasteiger partial charge on any atom is -0.329 e. The minimum absolute atomic E-state index is 0.342. The number of hydrogen-bond acceptors (Lipinski definition) is 2. The Morgan fingerprint density at radius 2 is 2.14 bits per heavy atom. The third-order valence-corrected chi connectivity index (χ3v) is 5.46. The average molecular weight is 309 g/mol. The Bertz CT molecular complexity index is 449. The molecule has 0 saturated heterocycles. The lowest BCUT2D eigenvalue weighted by molar-refractivity contribution is 0.100. The first-order valence-corrected chi connectivity index (χ1v) is 8.58. The van der Waals surface area contributed by atoms with Crippen LogP contribution in [-0.4, -0.2) is 24.5 Å². The van der Waals surface area contributed by atoms with Gasteiger partial charge in [0.25, 0.3) is 0 Å². The van der Waals surface area contributed by atoms with Gasteiger partial charge in [0.05, 0.1) is 0 Å². The maximum Gasteiger partial charge on any atom is 0.0409 e. The van der Waals surface area contributed by atoms with Crippen molar-refractivity contribution in [1.82, 2.24) is 4.90 Å². The number of hydrogen-bond donors (Lipinski definition) is 1. The molecule has 0 radical (unpaired) electrons. The Hall–Kier alpha value is -0.570. The van der Waals surface area contributed by atoms with Crippen LogP contribution in [0.15, 0.2) is 24.3 Å². The van der Waals surface area contributed by atoms with Crippen LogP contribution in [0.1, 0.15) is 51.1 Å². The van der Waals surface area contributed by atoms with Crippen molar-refractivity contribution in [1.29, 1.82) is 0 Å². The van der Waals surface area contributed by atoms with Gasteiger partial charge in [-0.05, 0) is 56.3 Å². The Morgan fingerprint density at radius 1 is 1.38 bits per heavy atom. The maximum atomic E-state index is 6.13. The predicted octanol–water partition coefficient (Wildman–Crippen LogP) is 4.49. The summed E-state index contributed by atoms with van der Waals surface area (Å²) in [6, 6.07) is 8.99. The molecule has 1 aliphatic rings. The average Bonchev–Trinajstić information content (AvgIpc) is 2.47. The summed E-state index contributed by atoms with van der Waals surface area (Å²) in [4.78, 5) is 2.45. The van der Waals surface area contributed by atoms with Gasteiger partial charge in [0.2, 0.25) is 0 Å². The molecule has 1 fully saturated rings. The van der Waals surface area contributed by atoms with Crippen molar-refractivity contribution in [2.75, 3.05) is 13.6 Å². The molecular formula is C18H29ClN2. The first-order valence-electron chi connectivity index (χ1n) is 8.20. The number of halogens is 1. The molecule has 2 rings (SSSR count). The third kappa shape index (κ3) is 4.21. The van der Waals surface area contributed by atoms with Crippen LogP contribution in [0.5, 0.6) is 0 Å². The molecule has 0 heterocycles. The largest absolute Gasteiger partial charge is 0.329 e. The van der Waals surface area contributed by atoms with Crippen LogP contribution in [0.2, 0.25) is 5.02 Å². The standard InChI is InChI=1S/C18H29ClN2/c1-13-6-4-8-16(10-13)18(12-20)21(3)14(2)15-7-5-9-17(19)11-15/h5,7,9,11,13-14,16,18H,4,6,8,10,12,20H2,1-3H3. The molecule has 2 N–H and O–H groups in total. The molecule has 1 saturated carbocycles. The van der Waals surface area contributed by atoms with Crippen LogP contribution in [0, 0.1) is 11.8 Å². The van der Waals surface area contributed by atoms with Crippen molar-refractivity contribution in [2.24, 2.45) is 17.6 Å². The third-order valence-electron chi connectivity index (χ3n) is 5.23. The highest BCUT2D eigenvalue weighted by atomic mass is 35.5. The number of nitrogens with two attached hydrogens (primary N) is 1. The fourth-order valence-electron chi connectivity index (χ4n) is 3.81. The van der Waals surface area contributed by atoms with E-state index in [1.807, 2.05) is 12.1 Å². The maximum absolute atomic E-state index is 6.13. The molecule has 0 aliphatic heterocycles. The summed E-state index contributed by atoms with van der Waals surface area (Å²) in [6.45, 7) is 5.36. The monoisotopic (exact) mass is 308 g/mol. The molecular weight excluding hydrogens is 280 g/mol. The molecule has 0 spiro atoms. The van der Waals surface area contributed by atoms with E-state index in [2.05, 4.69) is 37.9 Å². The summed E-state index contributed by atoms with van der Waals surface area (Å²) < 4.78 is 0. The number of nitrogens with zero attached hydrogens (tertiary/aromatic N) is 1. The molecule has 0 amide bonds. The van der Waals surface area contributed by atoms with Crippen molar-refractivity contribution in [3.63, 3.8) is 0 Å². The van der Waals surface area contributed by atoms with E-state index in [1.54, 1.807) is 0 Å². The zero-order valence-corrected chi connectivity index (χ0v) is 14.3. The molecule has 0 aromatic heterocycles. The highest BCUT2D eigenvalue weighted by Crippen LogP contribution is 2.34. The van der Waals surface area contributed by atoms with Crippen LogP contribution in [0.25, 0.3) is 0 Å². The summed E-state index contributed by atoms with van der Waals surface area (Å²) in [7, 11) is 2.21. The van der Waals surface area contributed by atoms with Gasteiger partial charge in [0.15, 0.2) is 0 Å². The van der Waals surface area contributed by atoms with Gasteiger partial charge >= 0.3 is 0 Å². The second-order valence-corrected chi connectivity index (χ2v) is 7.17. The van der Waals surface area contributed by atoms with Crippen LogP contribution >= 0.6 is 11.6 Å². The lowest BCUT2D eigenvalue weighted by atomic mass is 9.78. The summed E-state index contributed by atoms with van der Waals surface area (Å²) >= 11 is 6.13. The molecule has 2 nitrogen and oxygen atoms in total. The lowest BCUT2D eigenvalue weighted by Crippen LogP contribution is -2.45. The molecule has 4 atom stereocenters. The molecule has 3 heteroatoms. The molecule has 21 heavy (non-hydrogen) atoms. The van der Waals surface area contributed by atoms with Crippen molar-refractivity contribution in [3.8, 4) is 0 Å². The van der Waals surface area contributed by atoms with Gasteiger partial charge in [-0.25, -0.2) is 0 Å². The Labute approximate surface area is 134 Å². The fourth-order valence-corrected chi connectivity index (χ4v) is 4.01. The van der Waals surface area contributed by atoms with E-state index < -0.39 is 0 Å². The summed E-state index contributed by atoms with van der Waals surface area (Å²) in [6.07, 6.45) is 5.36. The van der Waals surface area contributed by atoms with E-state index in [9.17, 15) is 0 Å². The Kier molecular flexibility index (Phi) is 6.09. The first kappa shape index (κ1) is 16.8. The number of benzene rings is 1. The van der Waals surface area contributed by atoms with E-state index in [0.29, 0.717) is 12.1 Å². The van der Waals surface area contributed by atoms with Crippen LogP contribution in [0.3, 0.4) is 0 Å². The van der Waals surface area contributed by atoms with E-state index >= 15 is 0 Å². The van der Waals surface area contributed by atoms with Crippen molar-refractivity contribution < 1.29 is 0 Å². The van der Waals surface area contributed by atoms with Gasteiger partial charge in [-0.3, -0.25) is 4.90 Å². The topological polar surface area (TPSA) is 29.3 Å². The molecule has 4 unspecified atom stereocenters. The Balaban J connectivity index is 2.09. The highest BCUT2D eigenvalue weighted by molar-refractivity contribution is 6.30. The molecule has 0 bridgehead atoms. The molecule has 1 aromatic rings. The second-order valence-electron chi connectivity index (χ2n) is 6.73. The molecule has 118 valence electrons. The molecule has 1 aromatic carbocycles. The summed E-state index contributed by atoms with van der Waals surface area (Å²) in [5, 5.41) is 0.809. The zero-order valence-electron chi connectivity index (χ0n) is 13.6. The van der Waals surface area contributed by atoms with Crippen molar-refractivity contribution in [2.45, 2.75) is 51.6 Å².